The van der Waals surface area contributed by atoms with Crippen molar-refractivity contribution in [3.8, 4) is 5.75 Å². The molecule has 1 saturated heterocycles. The summed E-state index contributed by atoms with van der Waals surface area (Å²) in [6.07, 6.45) is -3.85. The number of carbonyl (C=O) groups excluding carboxylic acids is 3. The van der Waals surface area contributed by atoms with Crippen molar-refractivity contribution in [2.45, 2.75) is 24.7 Å². The Labute approximate surface area is 168 Å². The summed E-state index contributed by atoms with van der Waals surface area (Å²) in [6, 6.07) is 11.3. The van der Waals surface area contributed by atoms with Crippen LogP contribution in [0.1, 0.15) is 17.5 Å². The number of hydrogen-bond acceptors (Lipinski definition) is 4. The molecule has 0 unspecified atom stereocenters. The highest BCUT2D eigenvalue weighted by atomic mass is 19.4. The molecular formula is C20H16F3N3O4. The predicted octanol–water partition coefficient (Wildman–Crippen LogP) is 2.92. The maximum absolute atomic E-state index is 13.0. The molecule has 1 fully saturated rings. The standard InChI is InChI=1S/C20H16F3N3O4/c21-20(22,23)30-14-6-3-5-13(10-14)24-16(27)11-26-17(28)19(25-18(26)29)9-8-12-4-1-2-7-15(12)19/h1-7,10H,8-9,11H2,(H,24,27)(H,25,29)/t19-/m1/s1. The minimum absolute atomic E-state index is 0.0368. The van der Waals surface area contributed by atoms with Gasteiger partial charge >= 0.3 is 12.4 Å². The summed E-state index contributed by atoms with van der Waals surface area (Å²) in [5.41, 5.74) is 0.519. The maximum Gasteiger partial charge on any atom is 0.573 e. The van der Waals surface area contributed by atoms with Gasteiger partial charge < -0.3 is 15.4 Å². The van der Waals surface area contributed by atoms with Gasteiger partial charge in [-0.1, -0.05) is 30.3 Å². The topological polar surface area (TPSA) is 87.7 Å². The average Bonchev–Trinajstić information content (AvgIpc) is 3.14. The molecule has 1 spiro atoms. The van der Waals surface area contributed by atoms with Gasteiger partial charge in [0.25, 0.3) is 5.91 Å². The van der Waals surface area contributed by atoms with Crippen LogP contribution in [0.3, 0.4) is 0 Å². The van der Waals surface area contributed by atoms with Crippen molar-refractivity contribution in [1.82, 2.24) is 10.2 Å². The zero-order valence-electron chi connectivity index (χ0n) is 15.5. The number of carbonyl (C=O) groups is 3. The molecule has 1 aliphatic heterocycles. The summed E-state index contributed by atoms with van der Waals surface area (Å²) in [7, 11) is 0. The lowest BCUT2D eigenvalue weighted by atomic mass is 9.92. The molecule has 4 rings (SSSR count). The van der Waals surface area contributed by atoms with Crippen molar-refractivity contribution in [2.24, 2.45) is 0 Å². The number of nitrogens with one attached hydrogen (secondary N) is 2. The van der Waals surface area contributed by atoms with E-state index in [9.17, 15) is 27.6 Å². The number of imide groups is 1. The van der Waals surface area contributed by atoms with Gasteiger partial charge in [0.15, 0.2) is 0 Å². The minimum Gasteiger partial charge on any atom is -0.406 e. The molecule has 1 atom stereocenters. The molecule has 2 N–H and O–H groups in total. The van der Waals surface area contributed by atoms with Crippen molar-refractivity contribution in [3.63, 3.8) is 0 Å². The van der Waals surface area contributed by atoms with Gasteiger partial charge in [0.05, 0.1) is 0 Å². The summed E-state index contributed by atoms with van der Waals surface area (Å²) in [6.45, 7) is -0.570. The number of nitrogens with zero attached hydrogens (tertiary/aromatic N) is 1. The third-order valence-corrected chi connectivity index (χ3v) is 5.08. The third-order valence-electron chi connectivity index (χ3n) is 5.08. The first-order chi connectivity index (χ1) is 14.2. The Hall–Kier alpha value is -3.56. The smallest absolute Gasteiger partial charge is 0.406 e. The molecule has 2 aromatic carbocycles. The van der Waals surface area contributed by atoms with Gasteiger partial charge in [-0.2, -0.15) is 0 Å². The van der Waals surface area contributed by atoms with Gasteiger partial charge in [-0.05, 0) is 36.1 Å². The predicted molar refractivity (Wildman–Crippen MR) is 98.4 cm³/mol. The maximum atomic E-state index is 13.0. The van der Waals surface area contributed by atoms with Crippen LogP contribution in [-0.4, -0.2) is 35.7 Å². The van der Waals surface area contributed by atoms with Crippen molar-refractivity contribution < 1.29 is 32.3 Å². The molecule has 156 valence electrons. The third kappa shape index (κ3) is 3.56. The average molecular weight is 419 g/mol. The van der Waals surface area contributed by atoms with Crippen LogP contribution in [0.5, 0.6) is 5.75 Å². The van der Waals surface area contributed by atoms with Crippen LogP contribution in [0.15, 0.2) is 48.5 Å². The number of alkyl halides is 3. The van der Waals surface area contributed by atoms with Crippen LogP contribution in [-0.2, 0) is 21.5 Å². The Morgan fingerprint density at radius 3 is 2.70 bits per heavy atom. The van der Waals surface area contributed by atoms with Gasteiger partial charge in [-0.25, -0.2) is 4.79 Å². The summed E-state index contributed by atoms with van der Waals surface area (Å²) < 4.78 is 40.8. The minimum atomic E-state index is -4.87. The zero-order chi connectivity index (χ0) is 21.5. The number of rotatable bonds is 4. The fourth-order valence-electron chi connectivity index (χ4n) is 3.85. The first-order valence-electron chi connectivity index (χ1n) is 9.06. The van der Waals surface area contributed by atoms with E-state index in [4.69, 9.17) is 0 Å². The molecule has 2 aliphatic rings. The van der Waals surface area contributed by atoms with E-state index in [-0.39, 0.29) is 5.69 Å². The Balaban J connectivity index is 1.46. The highest BCUT2D eigenvalue weighted by Crippen LogP contribution is 2.41. The number of urea groups is 1. The second-order valence-corrected chi connectivity index (χ2v) is 7.01. The number of benzene rings is 2. The first kappa shape index (κ1) is 19.7. The zero-order valence-corrected chi connectivity index (χ0v) is 15.5. The molecule has 0 radical (unpaired) electrons. The second kappa shape index (κ2) is 7.05. The van der Waals surface area contributed by atoms with E-state index < -0.39 is 42.0 Å². The largest absolute Gasteiger partial charge is 0.573 e. The molecule has 1 heterocycles. The quantitative estimate of drug-likeness (QED) is 0.746. The van der Waals surface area contributed by atoms with E-state index in [0.29, 0.717) is 18.4 Å². The van der Waals surface area contributed by atoms with Gasteiger partial charge in [0.1, 0.15) is 17.8 Å². The van der Waals surface area contributed by atoms with E-state index in [1.165, 1.54) is 12.1 Å². The molecule has 7 nitrogen and oxygen atoms in total. The molecule has 0 saturated carbocycles. The van der Waals surface area contributed by atoms with E-state index in [1.54, 1.807) is 12.1 Å². The van der Waals surface area contributed by atoms with Crippen molar-refractivity contribution >= 4 is 23.5 Å². The molecule has 4 amide bonds. The molecule has 10 heteroatoms. The molecule has 0 bridgehead atoms. The molecule has 2 aromatic rings. The van der Waals surface area contributed by atoms with E-state index in [1.807, 2.05) is 12.1 Å². The van der Waals surface area contributed by atoms with Crippen molar-refractivity contribution in [3.05, 3.63) is 59.7 Å². The van der Waals surface area contributed by atoms with Crippen LogP contribution < -0.4 is 15.4 Å². The first-order valence-corrected chi connectivity index (χ1v) is 9.06. The Morgan fingerprint density at radius 1 is 1.17 bits per heavy atom. The molecule has 30 heavy (non-hydrogen) atoms. The van der Waals surface area contributed by atoms with Gasteiger partial charge in [0, 0.05) is 11.8 Å². The number of amides is 4. The lowest BCUT2D eigenvalue weighted by molar-refractivity contribution is -0.274. The van der Waals surface area contributed by atoms with E-state index >= 15 is 0 Å². The van der Waals surface area contributed by atoms with Crippen LogP contribution in [0.4, 0.5) is 23.7 Å². The molecule has 1 aliphatic carbocycles. The van der Waals surface area contributed by atoms with Crippen LogP contribution in [0.25, 0.3) is 0 Å². The monoisotopic (exact) mass is 419 g/mol. The highest BCUT2D eigenvalue weighted by Gasteiger charge is 2.55. The number of anilines is 1. The SMILES string of the molecule is O=C(CN1C(=O)N[C@@]2(CCc3ccccc32)C1=O)Nc1cccc(OC(F)(F)F)c1. The number of halogens is 3. The van der Waals surface area contributed by atoms with E-state index in [2.05, 4.69) is 15.4 Å². The van der Waals surface area contributed by atoms with Crippen LogP contribution >= 0.6 is 0 Å². The lowest BCUT2D eigenvalue weighted by Gasteiger charge is -2.22. The number of hydrogen-bond donors (Lipinski definition) is 2. The van der Waals surface area contributed by atoms with Gasteiger partial charge in [-0.15, -0.1) is 13.2 Å². The summed E-state index contributed by atoms with van der Waals surface area (Å²) in [4.78, 5) is 38.6. The number of fused-ring (bicyclic) bond motifs is 2. The fourth-order valence-corrected chi connectivity index (χ4v) is 3.85. The van der Waals surface area contributed by atoms with Crippen molar-refractivity contribution in [1.29, 1.82) is 0 Å². The number of ether oxygens (including phenoxy) is 1. The van der Waals surface area contributed by atoms with Crippen LogP contribution in [0.2, 0.25) is 0 Å². The number of aryl methyl sites for hydroxylation is 1. The Kier molecular flexibility index (Phi) is 4.64. The van der Waals surface area contributed by atoms with Crippen molar-refractivity contribution in [2.75, 3.05) is 11.9 Å². The van der Waals surface area contributed by atoms with Crippen LogP contribution in [0, 0.1) is 0 Å². The summed E-state index contributed by atoms with van der Waals surface area (Å²) >= 11 is 0. The van der Waals surface area contributed by atoms with E-state index in [0.717, 1.165) is 22.6 Å². The normalized spacial score (nSPS) is 20.3. The van der Waals surface area contributed by atoms with Gasteiger partial charge in [-0.3, -0.25) is 14.5 Å². The Bertz CT molecular complexity index is 1040. The second-order valence-electron chi connectivity index (χ2n) is 7.01. The molecular weight excluding hydrogens is 403 g/mol. The summed E-state index contributed by atoms with van der Waals surface area (Å²) in [5, 5.41) is 5.08. The lowest BCUT2D eigenvalue weighted by Crippen LogP contribution is -2.43. The Morgan fingerprint density at radius 2 is 1.93 bits per heavy atom. The highest BCUT2D eigenvalue weighted by molar-refractivity contribution is 6.10. The molecule has 0 aromatic heterocycles. The van der Waals surface area contributed by atoms with Gasteiger partial charge in [0.2, 0.25) is 5.91 Å². The fraction of sp³-hybridized carbons (Fsp3) is 0.250. The summed E-state index contributed by atoms with van der Waals surface area (Å²) in [5.74, 6) is -1.76.